The number of rotatable bonds is 4. The van der Waals surface area contributed by atoms with Crippen LogP contribution in [0.1, 0.15) is 17.2 Å². The van der Waals surface area contributed by atoms with E-state index in [1.165, 1.54) is 0 Å². The molecule has 2 rings (SSSR count). The summed E-state index contributed by atoms with van der Waals surface area (Å²) in [6.45, 7) is 0. The van der Waals surface area contributed by atoms with Gasteiger partial charge in [-0.1, -0.05) is 66.7 Å². The van der Waals surface area contributed by atoms with Crippen LogP contribution in [0.2, 0.25) is 0 Å². The summed E-state index contributed by atoms with van der Waals surface area (Å²) in [4.78, 5) is 1.65. The van der Waals surface area contributed by atoms with Gasteiger partial charge in [0.15, 0.2) is 0 Å². The summed E-state index contributed by atoms with van der Waals surface area (Å²) >= 11 is 0. The molecule has 0 amide bonds. The molecule has 2 aromatic rings. The van der Waals surface area contributed by atoms with Gasteiger partial charge in [-0.3, -0.25) is 5.41 Å². The molecule has 0 aliphatic carbocycles. The molecule has 0 saturated carbocycles. The third-order valence-electron chi connectivity index (χ3n) is 3.04. The van der Waals surface area contributed by atoms with E-state index in [2.05, 4.69) is 0 Å². The fourth-order valence-corrected chi connectivity index (χ4v) is 1.85. The second kappa shape index (κ2) is 7.29. The van der Waals surface area contributed by atoms with Crippen LogP contribution < -0.4 is 0 Å². The molecular formula is C18H20N2O. The van der Waals surface area contributed by atoms with E-state index in [1.54, 1.807) is 19.0 Å². The van der Waals surface area contributed by atoms with Gasteiger partial charge in [-0.15, -0.1) is 0 Å². The maximum Gasteiger partial charge on any atom is 0.284 e. The molecule has 0 saturated heterocycles. The van der Waals surface area contributed by atoms with Crippen molar-refractivity contribution in [1.82, 2.24) is 4.90 Å². The van der Waals surface area contributed by atoms with Crippen molar-refractivity contribution in [2.45, 2.75) is 6.10 Å². The molecule has 0 fully saturated rings. The zero-order valence-corrected chi connectivity index (χ0v) is 12.4. The van der Waals surface area contributed by atoms with Crippen LogP contribution >= 0.6 is 0 Å². The molecule has 1 N–H and O–H groups in total. The maximum atomic E-state index is 7.88. The van der Waals surface area contributed by atoms with Gasteiger partial charge in [-0.2, -0.15) is 0 Å². The van der Waals surface area contributed by atoms with Gasteiger partial charge in [0.25, 0.3) is 6.02 Å². The van der Waals surface area contributed by atoms with Crippen molar-refractivity contribution in [3.63, 3.8) is 0 Å². The molecule has 21 heavy (non-hydrogen) atoms. The fraction of sp³-hybridized carbons (Fsp3) is 0.167. The summed E-state index contributed by atoms with van der Waals surface area (Å²) in [7, 11) is 3.59. The average Bonchev–Trinajstić information content (AvgIpc) is 2.53. The van der Waals surface area contributed by atoms with Gasteiger partial charge in [-0.05, 0) is 17.2 Å². The Balaban J connectivity index is 2.20. The summed E-state index contributed by atoms with van der Waals surface area (Å²) < 4.78 is 5.74. The summed E-state index contributed by atoms with van der Waals surface area (Å²) in [5.74, 6) is 0. The van der Waals surface area contributed by atoms with Crippen LogP contribution in [0, 0.1) is 5.41 Å². The van der Waals surface area contributed by atoms with E-state index in [0.29, 0.717) is 0 Å². The number of nitrogens with one attached hydrogen (secondary N) is 1. The summed E-state index contributed by atoms with van der Waals surface area (Å²) in [5.41, 5.74) is 2.13. The predicted octanol–water partition coefficient (Wildman–Crippen LogP) is 3.95. The molecular weight excluding hydrogens is 260 g/mol. The molecule has 0 aromatic heterocycles. The molecule has 0 radical (unpaired) electrons. The van der Waals surface area contributed by atoms with Gasteiger partial charge >= 0.3 is 0 Å². The Kier molecular flexibility index (Phi) is 5.16. The number of ether oxygens (including phenoxy) is 1. The smallest absolute Gasteiger partial charge is 0.284 e. The van der Waals surface area contributed by atoms with Crippen molar-refractivity contribution in [2.75, 3.05) is 14.1 Å². The van der Waals surface area contributed by atoms with Gasteiger partial charge in [0.2, 0.25) is 0 Å². The molecule has 0 spiro atoms. The number of nitrogens with zero attached hydrogens (tertiary/aromatic N) is 1. The van der Waals surface area contributed by atoms with Crippen molar-refractivity contribution < 1.29 is 4.74 Å². The zero-order chi connectivity index (χ0) is 15.1. The third-order valence-corrected chi connectivity index (χ3v) is 3.04. The van der Waals surface area contributed by atoms with E-state index in [4.69, 9.17) is 10.1 Å². The number of amidine groups is 1. The highest BCUT2D eigenvalue weighted by Crippen LogP contribution is 2.20. The molecule has 0 heterocycles. The SMILES string of the molecule is CN(C)C(=N)OC(/C=C/c1ccccc1)c1ccccc1. The number of hydrogen-bond acceptors (Lipinski definition) is 2. The number of benzene rings is 2. The standard InChI is InChI=1S/C18H20N2O/c1-20(2)18(19)21-17(16-11-7-4-8-12-16)14-13-15-9-5-3-6-10-15/h3-14,17,19H,1-2H3/b14-13+,19-18?. The van der Waals surface area contributed by atoms with Crippen LogP contribution in [0.5, 0.6) is 0 Å². The van der Waals surface area contributed by atoms with E-state index >= 15 is 0 Å². The molecule has 3 nitrogen and oxygen atoms in total. The van der Waals surface area contributed by atoms with Crippen molar-refractivity contribution in [3.8, 4) is 0 Å². The van der Waals surface area contributed by atoms with Gasteiger partial charge < -0.3 is 9.64 Å². The first-order chi connectivity index (χ1) is 10.2. The van der Waals surface area contributed by atoms with Crippen LogP contribution in [0.25, 0.3) is 6.08 Å². The van der Waals surface area contributed by atoms with E-state index < -0.39 is 0 Å². The van der Waals surface area contributed by atoms with E-state index in [1.807, 2.05) is 72.8 Å². The van der Waals surface area contributed by atoms with Crippen molar-refractivity contribution in [1.29, 1.82) is 5.41 Å². The average molecular weight is 280 g/mol. The Morgan fingerprint density at radius 1 is 1.00 bits per heavy atom. The molecule has 1 atom stereocenters. The van der Waals surface area contributed by atoms with Gasteiger partial charge in [0, 0.05) is 14.1 Å². The summed E-state index contributed by atoms with van der Waals surface area (Å²) in [5, 5.41) is 7.88. The second-order valence-corrected chi connectivity index (χ2v) is 4.92. The van der Waals surface area contributed by atoms with E-state index in [0.717, 1.165) is 11.1 Å². The first-order valence-corrected chi connectivity index (χ1v) is 6.87. The molecule has 2 aromatic carbocycles. The highest BCUT2D eigenvalue weighted by molar-refractivity contribution is 5.70. The first-order valence-electron chi connectivity index (χ1n) is 6.87. The summed E-state index contributed by atoms with van der Waals surface area (Å²) in [6.07, 6.45) is 3.71. The lowest BCUT2D eigenvalue weighted by molar-refractivity contribution is 0.201. The Labute approximate surface area is 126 Å². The number of hydrogen-bond donors (Lipinski definition) is 1. The Morgan fingerprint density at radius 2 is 1.57 bits per heavy atom. The summed E-state index contributed by atoms with van der Waals surface area (Å²) in [6, 6.07) is 20.1. The van der Waals surface area contributed by atoms with Gasteiger partial charge in [0.1, 0.15) is 6.10 Å². The van der Waals surface area contributed by atoms with E-state index in [9.17, 15) is 0 Å². The quantitative estimate of drug-likeness (QED) is 0.680. The fourth-order valence-electron chi connectivity index (χ4n) is 1.85. The van der Waals surface area contributed by atoms with Crippen molar-refractivity contribution in [3.05, 3.63) is 77.9 Å². The minimum atomic E-state index is -0.277. The van der Waals surface area contributed by atoms with Crippen LogP contribution in [0.4, 0.5) is 0 Å². The molecule has 1 unspecified atom stereocenters. The Hall–Kier alpha value is -2.55. The van der Waals surface area contributed by atoms with Crippen molar-refractivity contribution >= 4 is 12.1 Å². The monoisotopic (exact) mass is 280 g/mol. The van der Waals surface area contributed by atoms with Crippen LogP contribution in [-0.4, -0.2) is 25.0 Å². The Bertz CT molecular complexity index is 591. The normalized spacial score (nSPS) is 12.1. The minimum absolute atomic E-state index is 0.140. The highest BCUT2D eigenvalue weighted by Gasteiger charge is 2.12. The molecule has 0 aliphatic rings. The highest BCUT2D eigenvalue weighted by atomic mass is 16.5. The van der Waals surface area contributed by atoms with Crippen molar-refractivity contribution in [2.24, 2.45) is 0 Å². The Morgan fingerprint density at radius 3 is 2.14 bits per heavy atom. The lowest BCUT2D eigenvalue weighted by Crippen LogP contribution is -2.25. The minimum Gasteiger partial charge on any atom is -0.453 e. The van der Waals surface area contributed by atoms with Gasteiger partial charge in [-0.25, -0.2) is 0 Å². The third kappa shape index (κ3) is 4.49. The molecule has 0 bridgehead atoms. The first kappa shape index (κ1) is 14.9. The largest absolute Gasteiger partial charge is 0.453 e. The van der Waals surface area contributed by atoms with Crippen LogP contribution in [-0.2, 0) is 4.74 Å². The van der Waals surface area contributed by atoms with E-state index in [-0.39, 0.29) is 12.1 Å². The lowest BCUT2D eigenvalue weighted by atomic mass is 10.1. The maximum absolute atomic E-state index is 7.88. The van der Waals surface area contributed by atoms with Gasteiger partial charge in [0.05, 0.1) is 0 Å². The zero-order valence-electron chi connectivity index (χ0n) is 12.4. The lowest BCUT2D eigenvalue weighted by Gasteiger charge is -2.20. The molecule has 108 valence electrons. The van der Waals surface area contributed by atoms with Crippen LogP contribution in [0.3, 0.4) is 0 Å². The molecule has 3 heteroatoms. The topological polar surface area (TPSA) is 36.3 Å². The molecule has 0 aliphatic heterocycles. The second-order valence-electron chi connectivity index (χ2n) is 4.92. The predicted molar refractivity (Wildman–Crippen MR) is 87.2 cm³/mol. The van der Waals surface area contributed by atoms with Crippen LogP contribution in [0.15, 0.2) is 66.7 Å².